The highest BCUT2D eigenvalue weighted by Crippen LogP contribution is 2.24. The fraction of sp³-hybridized carbons (Fsp3) is 0.250. The van der Waals surface area contributed by atoms with Crippen molar-refractivity contribution in [1.29, 1.82) is 0 Å². The summed E-state index contributed by atoms with van der Waals surface area (Å²) in [5.41, 5.74) is 4.41. The van der Waals surface area contributed by atoms with Gasteiger partial charge in [-0.05, 0) is 30.5 Å². The van der Waals surface area contributed by atoms with E-state index < -0.39 is 0 Å². The first kappa shape index (κ1) is 12.8. The second-order valence-corrected chi connectivity index (χ2v) is 4.90. The number of Topliss-reactive ketones (excluding diaryl/α,β-unsaturated/α-hetero) is 2. The average Bonchev–Trinajstić information content (AvgIpc) is 3.01. The molecule has 1 atom stereocenters. The Balaban J connectivity index is 1.88. The molecule has 102 valence electrons. The van der Waals surface area contributed by atoms with Crippen LogP contribution < -0.4 is 5.48 Å². The van der Waals surface area contributed by atoms with E-state index in [9.17, 15) is 9.59 Å². The monoisotopic (exact) mass is 269 g/mol. The van der Waals surface area contributed by atoms with E-state index in [-0.39, 0.29) is 17.7 Å². The minimum atomic E-state index is -0.196. The molecule has 1 aliphatic carbocycles. The van der Waals surface area contributed by atoms with Crippen molar-refractivity contribution < 1.29 is 14.4 Å². The van der Waals surface area contributed by atoms with Crippen LogP contribution in [0.4, 0.5) is 0 Å². The normalized spacial score (nSPS) is 21.5. The smallest absolute Gasteiger partial charge is 0.196 e. The zero-order chi connectivity index (χ0) is 13.9. The summed E-state index contributed by atoms with van der Waals surface area (Å²) < 4.78 is 0. The number of hydroxylamine groups is 1. The summed E-state index contributed by atoms with van der Waals surface area (Å²) in [5.74, 6) is -0.239. The van der Waals surface area contributed by atoms with Crippen LogP contribution >= 0.6 is 0 Å². The van der Waals surface area contributed by atoms with Crippen LogP contribution in [0.2, 0.25) is 0 Å². The third-order valence-corrected chi connectivity index (χ3v) is 3.51. The Morgan fingerprint density at radius 2 is 2.25 bits per heavy atom. The van der Waals surface area contributed by atoms with E-state index in [1.807, 2.05) is 18.2 Å². The number of rotatable bonds is 3. The molecule has 1 heterocycles. The van der Waals surface area contributed by atoms with Gasteiger partial charge in [0, 0.05) is 18.2 Å². The van der Waals surface area contributed by atoms with Gasteiger partial charge in [0.1, 0.15) is 6.10 Å². The minimum Gasteiger partial charge on any atom is -0.294 e. The molecule has 1 unspecified atom stereocenters. The first-order valence-corrected chi connectivity index (χ1v) is 6.71. The molecule has 4 nitrogen and oxygen atoms in total. The van der Waals surface area contributed by atoms with E-state index in [2.05, 4.69) is 5.48 Å². The summed E-state index contributed by atoms with van der Waals surface area (Å²) >= 11 is 0. The van der Waals surface area contributed by atoms with Gasteiger partial charge < -0.3 is 0 Å². The molecule has 1 N–H and O–H groups in total. The molecule has 3 rings (SSSR count). The molecule has 0 spiro atoms. The van der Waals surface area contributed by atoms with E-state index >= 15 is 0 Å². The van der Waals surface area contributed by atoms with Crippen LogP contribution in [0, 0.1) is 0 Å². The van der Waals surface area contributed by atoms with Crippen molar-refractivity contribution in [1.82, 2.24) is 5.48 Å². The molecule has 20 heavy (non-hydrogen) atoms. The van der Waals surface area contributed by atoms with Gasteiger partial charge in [0.15, 0.2) is 11.6 Å². The van der Waals surface area contributed by atoms with E-state index in [4.69, 9.17) is 4.84 Å². The largest absolute Gasteiger partial charge is 0.294 e. The molecule has 0 bridgehead atoms. The fourth-order valence-electron chi connectivity index (χ4n) is 2.45. The number of carbonyl (C=O) groups excluding carboxylic acids is 2. The lowest BCUT2D eigenvalue weighted by atomic mass is 9.91. The molecule has 0 aromatic heterocycles. The van der Waals surface area contributed by atoms with Crippen molar-refractivity contribution in [3.8, 4) is 0 Å². The van der Waals surface area contributed by atoms with Gasteiger partial charge in [-0.25, -0.2) is 0 Å². The maximum absolute atomic E-state index is 12.4. The molecular formula is C16H15NO3. The van der Waals surface area contributed by atoms with Gasteiger partial charge >= 0.3 is 0 Å². The molecular weight excluding hydrogens is 254 g/mol. The van der Waals surface area contributed by atoms with Gasteiger partial charge in [0.2, 0.25) is 0 Å². The van der Waals surface area contributed by atoms with Gasteiger partial charge in [-0.15, -0.1) is 0 Å². The highest BCUT2D eigenvalue weighted by molar-refractivity contribution is 6.26. The molecule has 2 aliphatic rings. The zero-order valence-electron chi connectivity index (χ0n) is 11.0. The predicted octanol–water partition coefficient (Wildman–Crippen LogP) is 2.64. The molecule has 1 aromatic carbocycles. The van der Waals surface area contributed by atoms with E-state index in [1.165, 1.54) is 0 Å². The van der Waals surface area contributed by atoms with E-state index in [1.54, 1.807) is 24.4 Å². The SMILES string of the molecule is O=C1CCCC=C1C(=O)c1cccc(C2C=CNO2)c1. The van der Waals surface area contributed by atoms with Crippen LogP contribution in [0.5, 0.6) is 0 Å². The summed E-state index contributed by atoms with van der Waals surface area (Å²) in [7, 11) is 0. The van der Waals surface area contributed by atoms with Crippen LogP contribution in [0.25, 0.3) is 0 Å². The lowest BCUT2D eigenvalue weighted by Gasteiger charge is -2.12. The first-order valence-electron chi connectivity index (χ1n) is 6.71. The van der Waals surface area contributed by atoms with Crippen molar-refractivity contribution in [2.45, 2.75) is 25.4 Å². The summed E-state index contributed by atoms with van der Waals surface area (Å²) in [6, 6.07) is 7.23. The van der Waals surface area contributed by atoms with Gasteiger partial charge in [-0.3, -0.25) is 19.9 Å². The maximum Gasteiger partial charge on any atom is 0.196 e. The van der Waals surface area contributed by atoms with Crippen LogP contribution in [0.15, 0.2) is 48.2 Å². The number of hydrogen-bond donors (Lipinski definition) is 1. The second-order valence-electron chi connectivity index (χ2n) is 4.90. The standard InChI is InChI=1S/C16H15NO3/c18-14-7-2-1-6-13(14)16(19)12-5-3-4-11(10-12)15-8-9-17-20-15/h3-6,8-10,15,17H,1-2,7H2. The summed E-state index contributed by atoms with van der Waals surface area (Å²) in [5, 5.41) is 0. The molecule has 1 aromatic rings. The third-order valence-electron chi connectivity index (χ3n) is 3.51. The van der Waals surface area contributed by atoms with Crippen molar-refractivity contribution in [3.05, 3.63) is 59.3 Å². The number of carbonyl (C=O) groups is 2. The Labute approximate surface area is 117 Å². The van der Waals surface area contributed by atoms with Crippen molar-refractivity contribution in [2.75, 3.05) is 0 Å². The summed E-state index contributed by atoms with van der Waals surface area (Å²) in [4.78, 5) is 29.5. The summed E-state index contributed by atoms with van der Waals surface area (Å²) in [6.45, 7) is 0. The Bertz CT molecular complexity index is 616. The minimum absolute atomic E-state index is 0.0506. The van der Waals surface area contributed by atoms with Crippen molar-refractivity contribution in [2.24, 2.45) is 0 Å². The lowest BCUT2D eigenvalue weighted by molar-refractivity contribution is -0.115. The second kappa shape index (κ2) is 5.43. The number of ketones is 2. The molecule has 0 saturated heterocycles. The van der Waals surface area contributed by atoms with Crippen LogP contribution in [0.1, 0.15) is 41.3 Å². The Morgan fingerprint density at radius 1 is 1.35 bits per heavy atom. The molecule has 4 heteroatoms. The van der Waals surface area contributed by atoms with Crippen LogP contribution in [0.3, 0.4) is 0 Å². The molecule has 0 amide bonds. The topological polar surface area (TPSA) is 55.4 Å². The van der Waals surface area contributed by atoms with Crippen molar-refractivity contribution in [3.63, 3.8) is 0 Å². The third kappa shape index (κ3) is 2.42. The first-order chi connectivity index (χ1) is 9.75. The molecule has 0 saturated carbocycles. The number of nitrogens with one attached hydrogen (secondary N) is 1. The highest BCUT2D eigenvalue weighted by Gasteiger charge is 2.22. The number of hydrogen-bond acceptors (Lipinski definition) is 4. The quantitative estimate of drug-likeness (QED) is 0.677. The van der Waals surface area contributed by atoms with Crippen LogP contribution in [-0.2, 0) is 9.63 Å². The molecule has 1 aliphatic heterocycles. The average molecular weight is 269 g/mol. The van der Waals surface area contributed by atoms with Gasteiger partial charge in [-0.1, -0.05) is 24.3 Å². The summed E-state index contributed by atoms with van der Waals surface area (Å²) in [6.07, 6.45) is 7.25. The van der Waals surface area contributed by atoms with Crippen LogP contribution in [-0.4, -0.2) is 11.6 Å². The maximum atomic E-state index is 12.4. The fourth-order valence-corrected chi connectivity index (χ4v) is 2.45. The zero-order valence-corrected chi connectivity index (χ0v) is 11.0. The lowest BCUT2D eigenvalue weighted by Crippen LogP contribution is -2.16. The number of benzene rings is 1. The predicted molar refractivity (Wildman–Crippen MR) is 73.8 cm³/mol. The Hall–Kier alpha value is -2.20. The number of allylic oxidation sites excluding steroid dienone is 2. The van der Waals surface area contributed by atoms with E-state index in [0.29, 0.717) is 17.6 Å². The highest BCUT2D eigenvalue weighted by atomic mass is 16.7. The molecule has 0 fully saturated rings. The Kier molecular flexibility index (Phi) is 3.48. The molecule has 0 radical (unpaired) electrons. The van der Waals surface area contributed by atoms with Gasteiger partial charge in [-0.2, -0.15) is 0 Å². The van der Waals surface area contributed by atoms with E-state index in [0.717, 1.165) is 18.4 Å². The van der Waals surface area contributed by atoms with Gasteiger partial charge in [0.05, 0.1) is 5.57 Å². The Morgan fingerprint density at radius 3 is 3.00 bits per heavy atom. The van der Waals surface area contributed by atoms with Gasteiger partial charge in [0.25, 0.3) is 0 Å². The van der Waals surface area contributed by atoms with Crippen molar-refractivity contribution >= 4 is 11.6 Å².